The van der Waals surface area contributed by atoms with Crippen LogP contribution < -0.4 is 10.2 Å². The van der Waals surface area contributed by atoms with E-state index in [9.17, 15) is 4.79 Å². The van der Waals surface area contributed by atoms with Crippen molar-refractivity contribution in [1.29, 1.82) is 5.26 Å². The topological polar surface area (TPSA) is 94.4 Å². The summed E-state index contributed by atoms with van der Waals surface area (Å²) in [6.07, 6.45) is 5.01. The maximum atomic E-state index is 12.6. The molecule has 8 nitrogen and oxygen atoms in total. The van der Waals surface area contributed by atoms with Gasteiger partial charge in [-0.1, -0.05) is 11.6 Å². The van der Waals surface area contributed by atoms with Crippen molar-refractivity contribution in [3.63, 3.8) is 0 Å². The summed E-state index contributed by atoms with van der Waals surface area (Å²) in [5, 5.41) is 12.8. The highest BCUT2D eigenvalue weighted by Gasteiger charge is 2.23. The van der Waals surface area contributed by atoms with Crippen molar-refractivity contribution in [2.45, 2.75) is 18.9 Å². The van der Waals surface area contributed by atoms with E-state index in [0.717, 1.165) is 31.7 Å². The normalized spacial score (nSPS) is 17.5. The lowest BCUT2D eigenvalue weighted by Crippen LogP contribution is -2.41. The van der Waals surface area contributed by atoms with Gasteiger partial charge in [-0.05, 0) is 31.0 Å². The van der Waals surface area contributed by atoms with Gasteiger partial charge in [0.05, 0.1) is 29.4 Å². The number of morpholine rings is 1. The number of ether oxygens (including phenoxy) is 1. The number of carbonyl (C=O) groups is 1. The SMILES string of the molecule is N#Cc1ccc(N2CCC(Nc3ncc(C(=O)N4CCOCC4)cc3Cl)CC2)nc1. The van der Waals surface area contributed by atoms with E-state index in [1.807, 2.05) is 6.07 Å². The van der Waals surface area contributed by atoms with E-state index in [4.69, 9.17) is 21.6 Å². The van der Waals surface area contributed by atoms with E-state index < -0.39 is 0 Å². The van der Waals surface area contributed by atoms with Crippen molar-refractivity contribution in [3.05, 3.63) is 46.7 Å². The highest BCUT2D eigenvalue weighted by Crippen LogP contribution is 2.25. The van der Waals surface area contributed by atoms with Crippen LogP contribution in [-0.4, -0.2) is 66.2 Å². The molecule has 0 radical (unpaired) electrons. The molecule has 2 saturated heterocycles. The molecule has 2 aliphatic rings. The Labute approximate surface area is 180 Å². The third-order valence-corrected chi connectivity index (χ3v) is 5.71. The first-order valence-electron chi connectivity index (χ1n) is 10.0. The summed E-state index contributed by atoms with van der Waals surface area (Å²) in [5.41, 5.74) is 1.06. The van der Waals surface area contributed by atoms with Gasteiger partial charge in [-0.15, -0.1) is 0 Å². The first-order valence-corrected chi connectivity index (χ1v) is 10.4. The summed E-state index contributed by atoms with van der Waals surface area (Å²) in [5.74, 6) is 1.42. The highest BCUT2D eigenvalue weighted by atomic mass is 35.5. The number of piperidine rings is 1. The quantitative estimate of drug-likeness (QED) is 0.802. The number of carbonyl (C=O) groups excluding carboxylic acids is 1. The van der Waals surface area contributed by atoms with Crippen molar-refractivity contribution in [2.75, 3.05) is 49.6 Å². The first-order chi connectivity index (χ1) is 14.6. The first kappa shape index (κ1) is 20.4. The maximum Gasteiger partial charge on any atom is 0.255 e. The van der Waals surface area contributed by atoms with E-state index in [-0.39, 0.29) is 11.9 Å². The summed E-state index contributed by atoms with van der Waals surface area (Å²) in [6.45, 7) is 3.99. The van der Waals surface area contributed by atoms with Gasteiger partial charge in [-0.25, -0.2) is 9.97 Å². The largest absolute Gasteiger partial charge is 0.378 e. The van der Waals surface area contributed by atoms with Gasteiger partial charge in [0.2, 0.25) is 0 Å². The van der Waals surface area contributed by atoms with Crippen LogP contribution in [0.15, 0.2) is 30.6 Å². The molecule has 0 spiro atoms. The molecule has 1 amide bonds. The smallest absolute Gasteiger partial charge is 0.255 e. The number of aromatic nitrogens is 2. The third-order valence-electron chi connectivity index (χ3n) is 5.42. The molecule has 0 saturated carbocycles. The average molecular weight is 427 g/mol. The van der Waals surface area contributed by atoms with E-state index in [1.165, 1.54) is 0 Å². The Hall–Kier alpha value is -2.89. The average Bonchev–Trinajstić information content (AvgIpc) is 2.81. The van der Waals surface area contributed by atoms with Crippen LogP contribution in [0, 0.1) is 11.3 Å². The summed E-state index contributed by atoms with van der Waals surface area (Å²) in [4.78, 5) is 25.3. The van der Waals surface area contributed by atoms with Crippen LogP contribution in [-0.2, 0) is 4.74 Å². The number of amides is 1. The van der Waals surface area contributed by atoms with Crippen LogP contribution in [0.5, 0.6) is 0 Å². The van der Waals surface area contributed by atoms with Gasteiger partial charge in [0.1, 0.15) is 17.7 Å². The lowest BCUT2D eigenvalue weighted by atomic mass is 10.0. The number of nitriles is 1. The second-order valence-corrected chi connectivity index (χ2v) is 7.79. The Morgan fingerprint density at radius 2 is 1.93 bits per heavy atom. The molecule has 0 aliphatic carbocycles. The highest BCUT2D eigenvalue weighted by molar-refractivity contribution is 6.33. The zero-order valence-electron chi connectivity index (χ0n) is 16.6. The van der Waals surface area contributed by atoms with Crippen LogP contribution in [0.3, 0.4) is 0 Å². The Kier molecular flexibility index (Phi) is 6.31. The number of hydrogen-bond donors (Lipinski definition) is 1. The monoisotopic (exact) mass is 426 g/mol. The number of anilines is 2. The third kappa shape index (κ3) is 4.64. The molecule has 4 heterocycles. The fourth-order valence-corrected chi connectivity index (χ4v) is 3.92. The predicted molar refractivity (Wildman–Crippen MR) is 114 cm³/mol. The van der Waals surface area contributed by atoms with Gasteiger partial charge in [0.15, 0.2) is 0 Å². The molecule has 30 heavy (non-hydrogen) atoms. The molecule has 1 N–H and O–H groups in total. The van der Waals surface area contributed by atoms with E-state index in [0.29, 0.717) is 48.3 Å². The minimum Gasteiger partial charge on any atom is -0.378 e. The summed E-state index contributed by atoms with van der Waals surface area (Å²) < 4.78 is 5.29. The second kappa shape index (κ2) is 9.28. The molecule has 2 aliphatic heterocycles. The molecule has 156 valence electrons. The minimum absolute atomic E-state index is 0.0672. The van der Waals surface area contributed by atoms with E-state index >= 15 is 0 Å². The molecule has 0 unspecified atom stereocenters. The maximum absolute atomic E-state index is 12.6. The second-order valence-electron chi connectivity index (χ2n) is 7.38. The fourth-order valence-electron chi connectivity index (χ4n) is 3.70. The Morgan fingerprint density at radius 1 is 1.17 bits per heavy atom. The minimum atomic E-state index is -0.0672. The summed E-state index contributed by atoms with van der Waals surface area (Å²) in [7, 11) is 0. The predicted octanol–water partition coefficient (Wildman–Crippen LogP) is 2.55. The summed E-state index contributed by atoms with van der Waals surface area (Å²) in [6, 6.07) is 7.68. The van der Waals surface area contributed by atoms with Crippen molar-refractivity contribution in [3.8, 4) is 6.07 Å². The molecule has 0 aromatic carbocycles. The molecule has 9 heteroatoms. The fraction of sp³-hybridized carbons (Fsp3) is 0.429. The van der Waals surface area contributed by atoms with Gasteiger partial charge in [-0.2, -0.15) is 5.26 Å². The Balaban J connectivity index is 1.33. The number of halogens is 1. The van der Waals surface area contributed by atoms with Gasteiger partial charge in [-0.3, -0.25) is 4.79 Å². The van der Waals surface area contributed by atoms with Crippen LogP contribution in [0.25, 0.3) is 0 Å². The van der Waals surface area contributed by atoms with Crippen LogP contribution in [0.1, 0.15) is 28.8 Å². The van der Waals surface area contributed by atoms with Gasteiger partial charge in [0, 0.05) is 44.6 Å². The molecule has 2 aromatic heterocycles. The Bertz CT molecular complexity index is 932. The molecular weight excluding hydrogens is 404 g/mol. The number of rotatable bonds is 4. The molecular formula is C21H23ClN6O2. The zero-order valence-corrected chi connectivity index (χ0v) is 17.3. The van der Waals surface area contributed by atoms with E-state index in [2.05, 4.69) is 26.3 Å². The number of pyridine rings is 2. The van der Waals surface area contributed by atoms with Crippen LogP contribution >= 0.6 is 11.6 Å². The molecule has 0 atom stereocenters. The van der Waals surface area contributed by atoms with Crippen molar-refractivity contribution in [1.82, 2.24) is 14.9 Å². The standard InChI is InChI=1S/C21H23ClN6O2/c22-18-11-16(21(29)28-7-9-30-10-8-28)14-25-20(18)26-17-3-5-27(6-4-17)19-2-1-15(12-23)13-24-19/h1-2,11,13-14,17H,3-10H2,(H,25,26). The molecule has 2 fully saturated rings. The van der Waals surface area contributed by atoms with Crippen LogP contribution in [0.4, 0.5) is 11.6 Å². The van der Waals surface area contributed by atoms with Gasteiger partial charge in [0.25, 0.3) is 5.91 Å². The van der Waals surface area contributed by atoms with Crippen molar-refractivity contribution >= 4 is 29.1 Å². The lowest BCUT2D eigenvalue weighted by Gasteiger charge is -2.33. The number of nitrogens with zero attached hydrogens (tertiary/aromatic N) is 5. The van der Waals surface area contributed by atoms with Crippen molar-refractivity contribution in [2.24, 2.45) is 0 Å². The summed E-state index contributed by atoms with van der Waals surface area (Å²) >= 11 is 6.42. The number of nitrogens with one attached hydrogen (secondary N) is 1. The van der Waals surface area contributed by atoms with Crippen molar-refractivity contribution < 1.29 is 9.53 Å². The van der Waals surface area contributed by atoms with Crippen LogP contribution in [0.2, 0.25) is 5.02 Å². The number of hydrogen-bond acceptors (Lipinski definition) is 7. The molecule has 4 rings (SSSR count). The molecule has 0 bridgehead atoms. The van der Waals surface area contributed by atoms with E-state index in [1.54, 1.807) is 29.4 Å². The van der Waals surface area contributed by atoms with Gasteiger partial charge < -0.3 is 19.9 Å². The van der Waals surface area contributed by atoms with Gasteiger partial charge >= 0.3 is 0 Å². The molecule has 2 aromatic rings. The Morgan fingerprint density at radius 3 is 2.57 bits per heavy atom. The zero-order chi connectivity index (χ0) is 20.9. The lowest BCUT2D eigenvalue weighted by molar-refractivity contribution is 0.0302.